The monoisotopic (exact) mass is 566 g/mol. The lowest BCUT2D eigenvalue weighted by atomic mass is 10.1. The normalized spacial score (nSPS) is 13.9. The van der Waals surface area contributed by atoms with Crippen LogP contribution in [0.2, 0.25) is 0 Å². The van der Waals surface area contributed by atoms with Crippen LogP contribution in [0.3, 0.4) is 0 Å². The summed E-state index contributed by atoms with van der Waals surface area (Å²) in [7, 11) is -3.98. The van der Waals surface area contributed by atoms with Gasteiger partial charge in [0.25, 0.3) is 15.9 Å². The molecule has 0 radical (unpaired) electrons. The average Bonchev–Trinajstić information content (AvgIpc) is 3.00. The molecule has 0 spiro atoms. The summed E-state index contributed by atoms with van der Waals surface area (Å²) in [6.07, 6.45) is 1.52. The van der Waals surface area contributed by atoms with Gasteiger partial charge in [-0.15, -0.1) is 0 Å². The number of para-hydroxylation sites is 1. The Kier molecular flexibility index (Phi) is 8.91. The van der Waals surface area contributed by atoms with Gasteiger partial charge in [0.05, 0.1) is 22.7 Å². The third-order valence-corrected chi connectivity index (χ3v) is 8.97. The van der Waals surface area contributed by atoms with Gasteiger partial charge in [-0.05, 0) is 42.3 Å². The summed E-state index contributed by atoms with van der Waals surface area (Å²) in [6.45, 7) is 4.60. The summed E-state index contributed by atoms with van der Waals surface area (Å²) < 4.78 is 29.2. The van der Waals surface area contributed by atoms with Crippen LogP contribution in [0.25, 0.3) is 0 Å². The van der Waals surface area contributed by atoms with E-state index in [0.717, 1.165) is 49.3 Å². The lowest BCUT2D eigenvalue weighted by Crippen LogP contribution is -2.35. The quantitative estimate of drug-likeness (QED) is 0.261. The van der Waals surface area contributed by atoms with Crippen molar-refractivity contribution >= 4 is 27.3 Å². The predicted octanol–water partition coefficient (Wildman–Crippen LogP) is 5.77. The molecule has 1 aliphatic rings. The van der Waals surface area contributed by atoms with E-state index in [1.54, 1.807) is 48.5 Å². The molecule has 4 aromatic rings. The fraction of sp³-hybridized carbons (Fsp3) is 0.212. The van der Waals surface area contributed by atoms with Crippen LogP contribution in [0, 0.1) is 6.92 Å². The van der Waals surface area contributed by atoms with Crippen LogP contribution in [0.4, 0.5) is 5.69 Å². The molecular formula is C33H34N4O3S. The van der Waals surface area contributed by atoms with Crippen molar-refractivity contribution in [1.29, 1.82) is 0 Å². The zero-order chi connectivity index (χ0) is 28.7. The van der Waals surface area contributed by atoms with Crippen LogP contribution in [-0.4, -0.2) is 38.0 Å². The van der Waals surface area contributed by atoms with Crippen molar-refractivity contribution < 1.29 is 13.2 Å². The van der Waals surface area contributed by atoms with Crippen molar-refractivity contribution in [3.05, 3.63) is 131 Å². The molecule has 0 aromatic heterocycles. The Morgan fingerprint density at radius 2 is 1.39 bits per heavy atom. The second-order valence-corrected chi connectivity index (χ2v) is 12.1. The van der Waals surface area contributed by atoms with Crippen LogP contribution in [-0.2, 0) is 23.1 Å². The first-order valence-corrected chi connectivity index (χ1v) is 15.2. The van der Waals surface area contributed by atoms with Gasteiger partial charge in [0.2, 0.25) is 0 Å². The van der Waals surface area contributed by atoms with Gasteiger partial charge in [0.15, 0.2) is 0 Å². The van der Waals surface area contributed by atoms with Gasteiger partial charge in [0.1, 0.15) is 0 Å². The van der Waals surface area contributed by atoms with Crippen molar-refractivity contribution in [2.45, 2.75) is 37.8 Å². The maximum Gasteiger partial charge on any atom is 0.273 e. The number of amides is 1. The van der Waals surface area contributed by atoms with Crippen molar-refractivity contribution in [1.82, 2.24) is 10.3 Å². The molecule has 1 N–H and O–H groups in total. The number of carbonyl (C=O) groups is 1. The summed E-state index contributed by atoms with van der Waals surface area (Å²) >= 11 is 0. The molecule has 1 fully saturated rings. The lowest BCUT2D eigenvalue weighted by molar-refractivity contribution is 0.0955. The molecule has 0 aliphatic carbocycles. The van der Waals surface area contributed by atoms with Crippen molar-refractivity contribution in [2.24, 2.45) is 5.10 Å². The van der Waals surface area contributed by atoms with Crippen LogP contribution >= 0.6 is 0 Å². The van der Waals surface area contributed by atoms with Gasteiger partial charge in [-0.1, -0.05) is 90.5 Å². The minimum atomic E-state index is -3.98. The molecular weight excluding hydrogens is 532 g/mol. The van der Waals surface area contributed by atoms with Crippen LogP contribution in [0.1, 0.15) is 39.9 Å². The summed E-state index contributed by atoms with van der Waals surface area (Å²) in [4.78, 5) is 16.0. The number of sulfonamides is 1. The third kappa shape index (κ3) is 7.09. The highest BCUT2D eigenvalue weighted by atomic mass is 32.2. The highest BCUT2D eigenvalue weighted by Crippen LogP contribution is 2.29. The topological polar surface area (TPSA) is 82.1 Å². The predicted molar refractivity (Wildman–Crippen MR) is 163 cm³/mol. The number of piperidine rings is 1. The van der Waals surface area contributed by atoms with Gasteiger partial charge in [0, 0.05) is 38.2 Å². The van der Waals surface area contributed by atoms with E-state index in [9.17, 15) is 13.2 Å². The molecule has 210 valence electrons. The van der Waals surface area contributed by atoms with Crippen molar-refractivity contribution in [2.75, 3.05) is 17.4 Å². The fourth-order valence-electron chi connectivity index (χ4n) is 4.88. The van der Waals surface area contributed by atoms with E-state index in [2.05, 4.69) is 27.6 Å². The minimum Gasteiger partial charge on any atom is -0.298 e. The number of hydrazone groups is 1. The average molecular weight is 567 g/mol. The summed E-state index contributed by atoms with van der Waals surface area (Å²) in [6, 6.07) is 33.2. The van der Waals surface area contributed by atoms with E-state index in [1.165, 1.54) is 9.87 Å². The smallest absolute Gasteiger partial charge is 0.273 e. The van der Waals surface area contributed by atoms with Gasteiger partial charge < -0.3 is 0 Å². The van der Waals surface area contributed by atoms with E-state index >= 15 is 0 Å². The lowest BCUT2D eigenvalue weighted by Gasteiger charge is -2.28. The Morgan fingerprint density at radius 1 is 0.805 bits per heavy atom. The van der Waals surface area contributed by atoms with Crippen molar-refractivity contribution in [3.63, 3.8) is 0 Å². The van der Waals surface area contributed by atoms with E-state index in [0.29, 0.717) is 5.69 Å². The van der Waals surface area contributed by atoms with Gasteiger partial charge >= 0.3 is 0 Å². The maximum atomic E-state index is 14.0. The van der Waals surface area contributed by atoms with Gasteiger partial charge in [-0.2, -0.15) is 5.10 Å². The molecule has 41 heavy (non-hydrogen) atoms. The molecule has 7 nitrogen and oxygen atoms in total. The Hall–Kier alpha value is -4.27. The number of benzene rings is 4. The van der Waals surface area contributed by atoms with E-state index in [4.69, 9.17) is 0 Å². The SMILES string of the molecule is Cc1ccc(S(=O)(=O)N(Cc2ccccc2)c2ccccc2C(=O)NN=C2CCN(Cc3ccccc3)CC2)cc1. The standard InChI is InChI=1S/C33H34N4O3S/c1-26-16-18-30(19-17-26)41(39,40)37(25-28-12-6-3-7-13-28)32-15-9-8-14-31(32)33(38)35-34-29-20-22-36(23-21-29)24-27-10-4-2-5-11-27/h2-19H,20-25H2,1H3,(H,35,38). The number of nitrogens with one attached hydrogen (secondary N) is 1. The number of rotatable bonds is 9. The number of likely N-dealkylation sites (tertiary alicyclic amines) is 1. The zero-order valence-corrected chi connectivity index (χ0v) is 23.9. The van der Waals surface area contributed by atoms with E-state index in [-0.39, 0.29) is 17.0 Å². The third-order valence-electron chi connectivity index (χ3n) is 7.19. The molecule has 1 heterocycles. The number of anilines is 1. The summed E-state index contributed by atoms with van der Waals surface area (Å²) in [5, 5.41) is 4.44. The zero-order valence-electron chi connectivity index (χ0n) is 23.1. The molecule has 0 unspecified atom stereocenters. The van der Waals surface area contributed by atoms with Gasteiger partial charge in [-0.3, -0.25) is 14.0 Å². The molecule has 0 saturated carbocycles. The van der Waals surface area contributed by atoms with E-state index < -0.39 is 15.9 Å². The first-order chi connectivity index (χ1) is 19.9. The van der Waals surface area contributed by atoms with Gasteiger partial charge in [-0.25, -0.2) is 13.8 Å². The van der Waals surface area contributed by atoms with Crippen LogP contribution < -0.4 is 9.73 Å². The number of carbonyl (C=O) groups excluding carboxylic acids is 1. The first-order valence-electron chi connectivity index (χ1n) is 13.7. The number of hydrogen-bond donors (Lipinski definition) is 1. The molecule has 4 aromatic carbocycles. The number of aryl methyl sites for hydroxylation is 1. The Balaban J connectivity index is 1.35. The Bertz CT molecular complexity index is 1600. The van der Waals surface area contributed by atoms with Crippen molar-refractivity contribution in [3.8, 4) is 0 Å². The second-order valence-electron chi connectivity index (χ2n) is 10.2. The maximum absolute atomic E-state index is 14.0. The molecule has 1 saturated heterocycles. The highest BCUT2D eigenvalue weighted by Gasteiger charge is 2.28. The molecule has 0 bridgehead atoms. The molecule has 8 heteroatoms. The minimum absolute atomic E-state index is 0.0765. The molecule has 0 atom stereocenters. The molecule has 1 aliphatic heterocycles. The first kappa shape index (κ1) is 28.3. The largest absolute Gasteiger partial charge is 0.298 e. The van der Waals surface area contributed by atoms with E-state index in [1.807, 2.05) is 55.5 Å². The van der Waals surface area contributed by atoms with Crippen LogP contribution in [0.15, 0.2) is 119 Å². The van der Waals surface area contributed by atoms with Crippen LogP contribution in [0.5, 0.6) is 0 Å². The Morgan fingerprint density at radius 3 is 2.05 bits per heavy atom. The summed E-state index contributed by atoms with van der Waals surface area (Å²) in [5.41, 5.74) is 7.21. The number of nitrogens with zero attached hydrogens (tertiary/aromatic N) is 3. The molecule has 5 rings (SSSR count). The number of hydrogen-bond acceptors (Lipinski definition) is 5. The summed E-state index contributed by atoms with van der Waals surface area (Å²) in [5.74, 6) is -0.447. The fourth-order valence-corrected chi connectivity index (χ4v) is 6.35. The highest BCUT2D eigenvalue weighted by molar-refractivity contribution is 7.92. The molecule has 1 amide bonds. The Labute approximate surface area is 242 Å². The second kappa shape index (κ2) is 12.9.